The number of nitrogens with zero attached hydrogens (tertiary/aromatic N) is 3. The Hall–Kier alpha value is -1.71. The summed E-state index contributed by atoms with van der Waals surface area (Å²) in [6.45, 7) is 0. The molecule has 0 aromatic carbocycles. The van der Waals surface area contributed by atoms with E-state index in [4.69, 9.17) is 0 Å². The molecule has 0 saturated carbocycles. The standard InChI is InChI=1S/C7H5N4/c1-2-6(4-8-3-1)7-5-9-11-10-7/h1-3,5H,(H,9,10,11). The predicted molar refractivity (Wildman–Crippen MR) is 38.4 cm³/mol. The summed E-state index contributed by atoms with van der Waals surface area (Å²) >= 11 is 0. The van der Waals surface area contributed by atoms with Gasteiger partial charge in [-0.1, -0.05) is 5.21 Å². The van der Waals surface area contributed by atoms with Crippen molar-refractivity contribution in [1.82, 2.24) is 20.4 Å². The van der Waals surface area contributed by atoms with Gasteiger partial charge in [0.05, 0.1) is 12.4 Å². The fourth-order valence-corrected chi connectivity index (χ4v) is 0.802. The molecular formula is C7H5N4. The minimum absolute atomic E-state index is 0.762. The average Bonchev–Trinajstić information content (AvgIpc) is 2.58. The van der Waals surface area contributed by atoms with Gasteiger partial charge in [-0.15, -0.1) is 5.10 Å². The van der Waals surface area contributed by atoms with Crippen LogP contribution in [-0.4, -0.2) is 20.4 Å². The van der Waals surface area contributed by atoms with Crippen molar-refractivity contribution in [3.8, 4) is 11.3 Å². The number of aromatic amines is 1. The molecular weight excluding hydrogens is 140 g/mol. The van der Waals surface area contributed by atoms with E-state index in [2.05, 4.69) is 26.6 Å². The van der Waals surface area contributed by atoms with E-state index in [0.29, 0.717) is 0 Å². The van der Waals surface area contributed by atoms with Crippen molar-refractivity contribution in [2.75, 3.05) is 0 Å². The number of hydrogen-bond donors (Lipinski definition) is 1. The molecule has 2 rings (SSSR count). The molecule has 4 nitrogen and oxygen atoms in total. The first-order valence-corrected chi connectivity index (χ1v) is 3.16. The van der Waals surface area contributed by atoms with Crippen LogP contribution in [0.5, 0.6) is 0 Å². The second-order valence-corrected chi connectivity index (χ2v) is 2.02. The number of H-pyrrole nitrogens is 1. The molecule has 0 unspecified atom stereocenters. The van der Waals surface area contributed by atoms with Gasteiger partial charge in [-0.3, -0.25) is 10.1 Å². The molecule has 4 heteroatoms. The van der Waals surface area contributed by atoms with Crippen LogP contribution in [0.15, 0.2) is 24.5 Å². The molecule has 0 fully saturated rings. The number of nitrogens with one attached hydrogen (secondary N) is 1. The van der Waals surface area contributed by atoms with Crippen LogP contribution in [0, 0.1) is 6.20 Å². The zero-order valence-electron chi connectivity index (χ0n) is 5.65. The van der Waals surface area contributed by atoms with Gasteiger partial charge >= 0.3 is 0 Å². The minimum atomic E-state index is 0.762. The number of aromatic nitrogens is 4. The molecule has 0 saturated heterocycles. The number of pyridine rings is 1. The molecule has 0 atom stereocenters. The Kier molecular flexibility index (Phi) is 1.37. The van der Waals surface area contributed by atoms with Crippen LogP contribution >= 0.6 is 0 Å². The topological polar surface area (TPSA) is 54.5 Å². The Morgan fingerprint density at radius 2 is 2.45 bits per heavy atom. The molecule has 0 bridgehead atoms. The summed E-state index contributed by atoms with van der Waals surface area (Å²) in [4.78, 5) is 3.83. The smallest absolute Gasteiger partial charge is 0.115 e. The van der Waals surface area contributed by atoms with Crippen LogP contribution in [-0.2, 0) is 0 Å². The second kappa shape index (κ2) is 2.49. The van der Waals surface area contributed by atoms with E-state index < -0.39 is 0 Å². The Morgan fingerprint density at radius 3 is 3.09 bits per heavy atom. The van der Waals surface area contributed by atoms with Gasteiger partial charge in [0, 0.05) is 11.8 Å². The zero-order chi connectivity index (χ0) is 7.52. The summed E-state index contributed by atoms with van der Waals surface area (Å²) in [7, 11) is 0. The first-order chi connectivity index (χ1) is 5.47. The van der Waals surface area contributed by atoms with Crippen LogP contribution in [0.2, 0.25) is 0 Å². The number of rotatable bonds is 1. The van der Waals surface area contributed by atoms with E-state index in [9.17, 15) is 0 Å². The molecule has 0 aliphatic rings. The van der Waals surface area contributed by atoms with Crippen LogP contribution in [0.3, 0.4) is 0 Å². The highest BCUT2D eigenvalue weighted by molar-refractivity contribution is 5.54. The maximum atomic E-state index is 3.83. The van der Waals surface area contributed by atoms with E-state index in [-0.39, 0.29) is 0 Å². The summed E-state index contributed by atoms with van der Waals surface area (Å²) in [5.41, 5.74) is 1.61. The molecule has 2 heterocycles. The molecule has 1 radical (unpaired) electrons. The molecule has 53 valence electrons. The summed E-state index contributed by atoms with van der Waals surface area (Å²) in [6, 6.07) is 3.71. The van der Waals surface area contributed by atoms with Crippen molar-refractivity contribution in [3.05, 3.63) is 30.7 Å². The zero-order valence-corrected chi connectivity index (χ0v) is 5.65. The van der Waals surface area contributed by atoms with Crippen molar-refractivity contribution in [2.45, 2.75) is 0 Å². The molecule has 0 aliphatic heterocycles. The minimum Gasteiger partial charge on any atom is -0.265 e. The lowest BCUT2D eigenvalue weighted by Gasteiger charge is -1.89. The first-order valence-electron chi connectivity index (χ1n) is 3.16. The van der Waals surface area contributed by atoms with Crippen LogP contribution < -0.4 is 0 Å². The van der Waals surface area contributed by atoms with Crippen LogP contribution in [0.1, 0.15) is 0 Å². The third-order valence-electron chi connectivity index (χ3n) is 1.30. The molecule has 11 heavy (non-hydrogen) atoms. The molecule has 0 spiro atoms. The molecule has 2 aromatic heterocycles. The Morgan fingerprint density at radius 1 is 1.45 bits per heavy atom. The molecule has 0 aliphatic carbocycles. The largest absolute Gasteiger partial charge is 0.265 e. The highest BCUT2D eigenvalue weighted by Gasteiger charge is 1.98. The Labute approximate surface area is 63.3 Å². The van der Waals surface area contributed by atoms with Gasteiger partial charge in [-0.2, -0.15) is 0 Å². The molecule has 1 N–H and O–H groups in total. The van der Waals surface area contributed by atoms with E-state index in [1.807, 2.05) is 12.1 Å². The van der Waals surface area contributed by atoms with Gasteiger partial charge in [-0.25, -0.2) is 0 Å². The quantitative estimate of drug-likeness (QED) is 0.641. The Balaban J connectivity index is 2.46. The average molecular weight is 145 g/mol. The van der Waals surface area contributed by atoms with Crippen molar-refractivity contribution < 1.29 is 0 Å². The molecule has 2 aromatic rings. The highest BCUT2D eigenvalue weighted by Crippen LogP contribution is 2.10. The lowest BCUT2D eigenvalue weighted by molar-refractivity contribution is 0.942. The summed E-state index contributed by atoms with van der Waals surface area (Å²) in [6.07, 6.45) is 6.17. The van der Waals surface area contributed by atoms with Crippen LogP contribution in [0.25, 0.3) is 11.3 Å². The summed E-state index contributed by atoms with van der Waals surface area (Å²) < 4.78 is 0. The van der Waals surface area contributed by atoms with Gasteiger partial charge in [0.15, 0.2) is 0 Å². The fraction of sp³-hybridized carbons (Fsp3) is 0. The van der Waals surface area contributed by atoms with Gasteiger partial charge in [0.25, 0.3) is 0 Å². The van der Waals surface area contributed by atoms with Crippen molar-refractivity contribution in [3.63, 3.8) is 0 Å². The third kappa shape index (κ3) is 1.10. The fourth-order valence-electron chi connectivity index (χ4n) is 0.802. The van der Waals surface area contributed by atoms with Gasteiger partial charge in [0.2, 0.25) is 0 Å². The summed E-state index contributed by atoms with van der Waals surface area (Å²) in [5, 5.41) is 10.0. The van der Waals surface area contributed by atoms with Gasteiger partial charge in [0.1, 0.15) is 5.69 Å². The monoisotopic (exact) mass is 145 g/mol. The first kappa shape index (κ1) is 6.03. The maximum absolute atomic E-state index is 3.83. The number of hydrogen-bond acceptors (Lipinski definition) is 3. The van der Waals surface area contributed by atoms with E-state index in [1.165, 1.54) is 0 Å². The van der Waals surface area contributed by atoms with Crippen molar-refractivity contribution in [1.29, 1.82) is 0 Å². The predicted octanol–water partition coefficient (Wildman–Crippen LogP) is 0.667. The third-order valence-corrected chi connectivity index (χ3v) is 1.30. The van der Waals surface area contributed by atoms with Crippen molar-refractivity contribution >= 4 is 0 Å². The van der Waals surface area contributed by atoms with Crippen LogP contribution in [0.4, 0.5) is 0 Å². The van der Waals surface area contributed by atoms with Crippen molar-refractivity contribution in [2.24, 2.45) is 0 Å². The van der Waals surface area contributed by atoms with E-state index in [0.717, 1.165) is 11.3 Å². The Bertz CT molecular complexity index is 313. The maximum Gasteiger partial charge on any atom is 0.115 e. The van der Waals surface area contributed by atoms with E-state index in [1.54, 1.807) is 12.4 Å². The molecule has 0 amide bonds. The lowest BCUT2D eigenvalue weighted by atomic mass is 10.2. The normalized spacial score (nSPS) is 9.82. The second-order valence-electron chi connectivity index (χ2n) is 2.02. The van der Waals surface area contributed by atoms with Gasteiger partial charge < -0.3 is 0 Å². The highest BCUT2D eigenvalue weighted by atomic mass is 15.3. The van der Waals surface area contributed by atoms with E-state index >= 15 is 0 Å². The van der Waals surface area contributed by atoms with Gasteiger partial charge in [-0.05, 0) is 12.1 Å². The lowest BCUT2D eigenvalue weighted by Crippen LogP contribution is -1.78. The SMILES string of the molecule is [c]1ncccc1-c1c[nH]nn1. The summed E-state index contributed by atoms with van der Waals surface area (Å²) in [5.74, 6) is 0.